The Balaban J connectivity index is 0.000000181. The van der Waals surface area contributed by atoms with Gasteiger partial charge < -0.3 is 14.2 Å². The molecule has 1 N–H and O–H groups in total. The van der Waals surface area contributed by atoms with Gasteiger partial charge in [0, 0.05) is 5.82 Å². The van der Waals surface area contributed by atoms with Crippen molar-refractivity contribution < 1.29 is 28.3 Å². The average Bonchev–Trinajstić information content (AvgIpc) is 2.90. The summed E-state index contributed by atoms with van der Waals surface area (Å²) in [7, 11) is -3.63. The van der Waals surface area contributed by atoms with Crippen LogP contribution in [0.3, 0.4) is 0 Å². The van der Waals surface area contributed by atoms with E-state index in [1.165, 1.54) is 0 Å². The van der Waals surface area contributed by atoms with Crippen LogP contribution in [0.25, 0.3) is 6.08 Å². The molecule has 25 heavy (non-hydrogen) atoms. The van der Waals surface area contributed by atoms with Gasteiger partial charge in [-0.05, 0) is 29.8 Å². The molecule has 1 heterocycles. The lowest BCUT2D eigenvalue weighted by Crippen LogP contribution is -1.96. The van der Waals surface area contributed by atoms with E-state index in [-0.39, 0.29) is 0 Å². The molecule has 0 saturated heterocycles. The Morgan fingerprint density at radius 2 is 1.64 bits per heavy atom. The predicted octanol–water partition coefficient (Wildman–Crippen LogP) is 4.03. The average molecular weight is 358 g/mol. The smallest absolute Gasteiger partial charge is 0.400 e. The normalized spacial score (nSPS) is 14.3. The van der Waals surface area contributed by atoms with E-state index in [0.717, 1.165) is 11.4 Å². The number of rotatable bonds is 4. The van der Waals surface area contributed by atoms with Crippen LogP contribution in [0.1, 0.15) is 26.3 Å². The van der Waals surface area contributed by atoms with Gasteiger partial charge in [-0.25, -0.2) is 14.2 Å². The summed E-state index contributed by atoms with van der Waals surface area (Å²) in [5, 5.41) is 0. The molecule has 0 bridgehead atoms. The molecular weight excluding hydrogens is 343 g/mol. The van der Waals surface area contributed by atoms with Gasteiger partial charge in [0.25, 0.3) is 0 Å². The summed E-state index contributed by atoms with van der Waals surface area (Å²) < 4.78 is 20.1. The molecule has 0 aromatic heterocycles. The first-order valence-corrected chi connectivity index (χ1v) is 8.74. The van der Waals surface area contributed by atoms with Gasteiger partial charge in [0.15, 0.2) is 0 Å². The third-order valence-corrected chi connectivity index (χ3v) is 4.05. The Bertz CT molecular complexity index is 872. The minimum atomic E-state index is -3.63. The zero-order valence-electron chi connectivity index (χ0n) is 13.1. The fourth-order valence-electron chi connectivity index (χ4n) is 1.90. The topological polar surface area (TPSA) is 89.9 Å². The van der Waals surface area contributed by atoms with Crippen molar-refractivity contribution in [1.29, 1.82) is 0 Å². The molecule has 1 unspecified atom stereocenters. The molecule has 0 fully saturated rings. The third kappa shape index (κ3) is 4.76. The summed E-state index contributed by atoms with van der Waals surface area (Å²) >= 11 is 0. The highest BCUT2D eigenvalue weighted by Crippen LogP contribution is 2.43. The predicted molar refractivity (Wildman–Crippen MR) is 93.4 cm³/mol. The van der Waals surface area contributed by atoms with Crippen molar-refractivity contribution >= 4 is 25.6 Å². The zero-order valence-corrected chi connectivity index (χ0v) is 14.0. The number of para-hydroxylation sites is 1. The third-order valence-electron chi connectivity index (χ3n) is 3.11. The molecule has 1 aliphatic heterocycles. The molecule has 128 valence electrons. The van der Waals surface area contributed by atoms with Crippen molar-refractivity contribution in [3.63, 3.8) is 0 Å². The zero-order chi connectivity index (χ0) is 18.4. The number of ether oxygens (including phenoxy) is 1. The summed E-state index contributed by atoms with van der Waals surface area (Å²) in [6.45, 7) is 6.75. The second-order valence-electron chi connectivity index (χ2n) is 4.84. The fraction of sp³-hybridized carbons (Fsp3) is 0. The Labute approximate surface area is 144 Å². The second kappa shape index (κ2) is 7.75. The summed E-state index contributed by atoms with van der Waals surface area (Å²) in [6, 6.07) is 13.3. The van der Waals surface area contributed by atoms with E-state index in [0.29, 0.717) is 16.9 Å². The first-order valence-electron chi connectivity index (χ1n) is 7.10. The molecule has 7 heteroatoms. The first-order chi connectivity index (χ1) is 11.9. The molecule has 0 saturated carbocycles. The SMILES string of the molecule is C=CP(=O)(O)Oc1ccccc1.C=Cc1ccc2c(c1)C(=O)OC2=O. The number of carbonyl (C=O) groups excluding carboxylic acids is 2. The van der Waals surface area contributed by atoms with Crippen LogP contribution in [-0.2, 0) is 9.30 Å². The van der Waals surface area contributed by atoms with Gasteiger partial charge in [-0.15, -0.1) is 0 Å². The van der Waals surface area contributed by atoms with Crippen LogP contribution in [0.5, 0.6) is 5.75 Å². The van der Waals surface area contributed by atoms with Gasteiger partial charge in [-0.1, -0.05) is 43.5 Å². The van der Waals surface area contributed by atoms with Crippen LogP contribution in [0.2, 0.25) is 0 Å². The summed E-state index contributed by atoms with van der Waals surface area (Å²) in [6.07, 6.45) is 1.61. The minimum absolute atomic E-state index is 0.322. The van der Waals surface area contributed by atoms with Gasteiger partial charge >= 0.3 is 19.5 Å². The van der Waals surface area contributed by atoms with Crippen LogP contribution in [0, 0.1) is 0 Å². The van der Waals surface area contributed by atoms with Gasteiger partial charge in [0.2, 0.25) is 0 Å². The maximum absolute atomic E-state index is 11.1. The molecule has 1 atom stereocenters. The van der Waals surface area contributed by atoms with Crippen LogP contribution in [0.4, 0.5) is 0 Å². The Morgan fingerprint density at radius 1 is 1.00 bits per heavy atom. The molecule has 0 amide bonds. The van der Waals surface area contributed by atoms with Crippen molar-refractivity contribution in [3.8, 4) is 5.75 Å². The lowest BCUT2D eigenvalue weighted by molar-refractivity contribution is 0.0443. The van der Waals surface area contributed by atoms with Crippen LogP contribution in [-0.4, -0.2) is 16.8 Å². The Hall–Kier alpha value is -2.95. The molecule has 1 aliphatic rings. The summed E-state index contributed by atoms with van der Waals surface area (Å²) in [4.78, 5) is 31.1. The highest BCUT2D eigenvalue weighted by Gasteiger charge is 2.29. The fourth-order valence-corrected chi connectivity index (χ4v) is 2.40. The van der Waals surface area contributed by atoms with E-state index >= 15 is 0 Å². The van der Waals surface area contributed by atoms with Gasteiger partial charge in [0.1, 0.15) is 5.75 Å². The van der Waals surface area contributed by atoms with E-state index < -0.39 is 19.5 Å². The maximum atomic E-state index is 11.1. The minimum Gasteiger partial charge on any atom is -0.422 e. The van der Waals surface area contributed by atoms with Crippen LogP contribution in [0.15, 0.2) is 67.5 Å². The molecule has 0 radical (unpaired) electrons. The highest BCUT2D eigenvalue weighted by molar-refractivity contribution is 7.56. The molecule has 6 nitrogen and oxygen atoms in total. The van der Waals surface area contributed by atoms with Crippen molar-refractivity contribution in [3.05, 3.63) is 84.2 Å². The van der Waals surface area contributed by atoms with Crippen molar-refractivity contribution in [2.24, 2.45) is 0 Å². The highest BCUT2D eigenvalue weighted by atomic mass is 31.2. The van der Waals surface area contributed by atoms with Crippen molar-refractivity contribution in [2.45, 2.75) is 0 Å². The van der Waals surface area contributed by atoms with Gasteiger partial charge in [-0.3, -0.25) is 0 Å². The number of benzene rings is 2. The summed E-state index contributed by atoms with van der Waals surface area (Å²) in [5.74, 6) is 0.113. The van der Waals surface area contributed by atoms with E-state index in [1.54, 1.807) is 54.6 Å². The number of carbonyl (C=O) groups is 2. The van der Waals surface area contributed by atoms with E-state index in [2.05, 4.69) is 17.9 Å². The summed E-state index contributed by atoms with van der Waals surface area (Å²) in [5.41, 5.74) is 1.45. The maximum Gasteiger partial charge on any atom is 0.400 e. The number of esters is 2. The van der Waals surface area contributed by atoms with E-state index in [9.17, 15) is 14.2 Å². The Morgan fingerprint density at radius 3 is 2.24 bits per heavy atom. The van der Waals surface area contributed by atoms with E-state index in [1.807, 2.05) is 0 Å². The molecule has 0 aliphatic carbocycles. The monoisotopic (exact) mass is 358 g/mol. The molecule has 2 aromatic carbocycles. The number of hydrogen-bond acceptors (Lipinski definition) is 5. The lowest BCUT2D eigenvalue weighted by atomic mass is 10.1. The number of fused-ring (bicyclic) bond motifs is 1. The second-order valence-corrected chi connectivity index (χ2v) is 6.51. The van der Waals surface area contributed by atoms with Crippen molar-refractivity contribution in [1.82, 2.24) is 0 Å². The van der Waals surface area contributed by atoms with Gasteiger partial charge in [0.05, 0.1) is 11.1 Å². The molecule has 0 spiro atoms. The lowest BCUT2D eigenvalue weighted by Gasteiger charge is -2.07. The standard InChI is InChI=1S/C10H6O3.C8H9O3P/c1-2-6-3-4-7-8(5-6)10(12)13-9(7)11;1-2-12(9,10)11-8-6-4-3-5-7-8/h2-5H,1H2;2-7H,1H2,(H,9,10). The molecule has 2 aromatic rings. The van der Waals surface area contributed by atoms with Crippen LogP contribution < -0.4 is 4.52 Å². The number of cyclic esters (lactones) is 2. The molecular formula is C18H15O6P. The quantitative estimate of drug-likeness (QED) is 0.504. The van der Waals surface area contributed by atoms with Crippen molar-refractivity contribution in [2.75, 3.05) is 0 Å². The first kappa shape index (κ1) is 18.4. The van der Waals surface area contributed by atoms with Gasteiger partial charge in [-0.2, -0.15) is 0 Å². The number of hydrogen-bond donors (Lipinski definition) is 1. The van der Waals surface area contributed by atoms with Crippen LogP contribution >= 0.6 is 7.60 Å². The molecule has 3 rings (SSSR count). The Kier molecular flexibility index (Phi) is 5.70. The van der Waals surface area contributed by atoms with E-state index in [4.69, 9.17) is 9.42 Å². The largest absolute Gasteiger partial charge is 0.422 e.